The van der Waals surface area contributed by atoms with Crippen molar-refractivity contribution in [2.75, 3.05) is 17.6 Å². The Morgan fingerprint density at radius 3 is 2.61 bits per heavy atom. The Kier molecular flexibility index (Phi) is 5.28. The van der Waals surface area contributed by atoms with E-state index in [4.69, 9.17) is 18.0 Å². The van der Waals surface area contributed by atoms with E-state index in [-0.39, 0.29) is 4.99 Å². The molecule has 0 fully saturated rings. The van der Waals surface area contributed by atoms with Crippen LogP contribution in [-0.4, -0.2) is 23.5 Å². The molecule has 0 aliphatic rings. The minimum absolute atomic E-state index is 0.0937. The highest BCUT2D eigenvalue weighted by atomic mass is 32.2. The first-order valence-electron chi connectivity index (χ1n) is 5.21. The summed E-state index contributed by atoms with van der Waals surface area (Å²) >= 11 is 6.39. The number of halogens is 3. The Morgan fingerprint density at radius 1 is 1.44 bits per heavy atom. The van der Waals surface area contributed by atoms with Crippen molar-refractivity contribution in [1.82, 2.24) is 0 Å². The molecule has 0 unspecified atom stereocenters. The van der Waals surface area contributed by atoms with Crippen LogP contribution in [0.3, 0.4) is 0 Å². The highest BCUT2D eigenvalue weighted by molar-refractivity contribution is 7.99. The fourth-order valence-electron chi connectivity index (χ4n) is 1.40. The van der Waals surface area contributed by atoms with Crippen LogP contribution < -0.4 is 11.1 Å². The summed E-state index contributed by atoms with van der Waals surface area (Å²) in [7, 11) is 0. The molecule has 0 aliphatic carbocycles. The molecule has 1 aromatic carbocycles. The average Bonchev–Trinajstić information content (AvgIpc) is 2.25. The first-order chi connectivity index (χ1) is 8.35. The average molecular weight is 294 g/mol. The number of hydrogen-bond donors (Lipinski definition) is 2. The Morgan fingerprint density at radius 2 is 2.11 bits per heavy atom. The molecule has 0 aromatic heterocycles. The summed E-state index contributed by atoms with van der Waals surface area (Å²) in [6, 6.07) is 5.01. The second-order valence-electron chi connectivity index (χ2n) is 3.44. The molecular weight excluding hydrogens is 281 g/mol. The number of nitrogens with one attached hydrogen (secondary N) is 1. The number of nitrogens with two attached hydrogens (primary N) is 1. The van der Waals surface area contributed by atoms with Gasteiger partial charge in [-0.05, 0) is 17.9 Å². The lowest BCUT2D eigenvalue weighted by atomic mass is 10.1. The molecule has 7 heteroatoms. The lowest BCUT2D eigenvalue weighted by Gasteiger charge is -2.15. The molecule has 18 heavy (non-hydrogen) atoms. The molecule has 2 nitrogen and oxygen atoms in total. The van der Waals surface area contributed by atoms with Gasteiger partial charge in [0.1, 0.15) is 11.5 Å². The van der Waals surface area contributed by atoms with Crippen LogP contribution in [0.1, 0.15) is 12.5 Å². The minimum Gasteiger partial charge on any atom is -0.389 e. The number of alkyl halides is 3. The third-order valence-electron chi connectivity index (χ3n) is 2.05. The van der Waals surface area contributed by atoms with Crippen molar-refractivity contribution in [3.8, 4) is 0 Å². The third-order valence-corrected chi connectivity index (χ3v) is 3.20. The van der Waals surface area contributed by atoms with Gasteiger partial charge in [-0.25, -0.2) is 0 Å². The van der Waals surface area contributed by atoms with Crippen molar-refractivity contribution >= 4 is 34.7 Å². The van der Waals surface area contributed by atoms with Gasteiger partial charge in [0.2, 0.25) is 0 Å². The van der Waals surface area contributed by atoms with Crippen LogP contribution in [0.5, 0.6) is 0 Å². The first-order valence-corrected chi connectivity index (χ1v) is 6.60. The van der Waals surface area contributed by atoms with Crippen LogP contribution in [0.15, 0.2) is 23.1 Å². The van der Waals surface area contributed by atoms with Gasteiger partial charge in [-0.2, -0.15) is 13.2 Å². The number of benzene rings is 1. The fourth-order valence-corrected chi connectivity index (χ4v) is 2.54. The molecule has 100 valence electrons. The lowest BCUT2D eigenvalue weighted by molar-refractivity contribution is -0.115. The van der Waals surface area contributed by atoms with E-state index in [0.29, 0.717) is 11.3 Å². The van der Waals surface area contributed by atoms with Crippen molar-refractivity contribution < 1.29 is 13.2 Å². The summed E-state index contributed by atoms with van der Waals surface area (Å²) < 4.78 is 36.6. The van der Waals surface area contributed by atoms with Crippen LogP contribution in [0, 0.1) is 0 Å². The summed E-state index contributed by atoms with van der Waals surface area (Å²) in [6.07, 6.45) is -4.28. The molecule has 0 saturated carbocycles. The van der Waals surface area contributed by atoms with Crippen molar-refractivity contribution in [2.24, 2.45) is 5.73 Å². The molecule has 1 rings (SSSR count). The predicted octanol–water partition coefficient (Wildman–Crippen LogP) is 3.41. The third kappa shape index (κ3) is 4.38. The Bertz CT molecular complexity index is 433. The Hall–Kier alpha value is -0.950. The molecule has 3 N–H and O–H groups in total. The number of thiocarbonyl (C=S) groups is 1. The standard InChI is InChI=1S/C11H13F3N2S2/c1-2-18-8-5-3-4-7(9(8)10(15)17)16-6-11(12,13)14/h3-5,16H,2,6H2,1H3,(H2,15,17). The molecule has 0 amide bonds. The van der Waals surface area contributed by atoms with E-state index < -0.39 is 12.7 Å². The van der Waals surface area contributed by atoms with Crippen molar-refractivity contribution in [1.29, 1.82) is 0 Å². The van der Waals surface area contributed by atoms with Gasteiger partial charge in [0.05, 0.1) is 0 Å². The molecule has 0 heterocycles. The summed E-state index contributed by atoms with van der Waals surface area (Å²) in [6.45, 7) is 0.840. The maximum Gasteiger partial charge on any atom is 0.405 e. The maximum absolute atomic E-state index is 12.2. The minimum atomic E-state index is -4.28. The zero-order valence-corrected chi connectivity index (χ0v) is 11.3. The van der Waals surface area contributed by atoms with Crippen LogP contribution in [0.25, 0.3) is 0 Å². The van der Waals surface area contributed by atoms with E-state index in [0.717, 1.165) is 10.6 Å². The molecule has 1 aromatic rings. The zero-order valence-electron chi connectivity index (χ0n) is 9.67. The number of rotatable bonds is 5. The predicted molar refractivity (Wildman–Crippen MR) is 73.3 cm³/mol. The summed E-state index contributed by atoms with van der Waals surface area (Å²) in [5, 5.41) is 2.33. The van der Waals surface area contributed by atoms with E-state index in [9.17, 15) is 13.2 Å². The van der Waals surface area contributed by atoms with Gasteiger partial charge in [0.25, 0.3) is 0 Å². The normalized spacial score (nSPS) is 11.3. The van der Waals surface area contributed by atoms with E-state index in [1.54, 1.807) is 18.2 Å². The van der Waals surface area contributed by atoms with Crippen LogP contribution in [0.4, 0.5) is 18.9 Å². The van der Waals surface area contributed by atoms with Gasteiger partial charge in [-0.1, -0.05) is 25.2 Å². The van der Waals surface area contributed by atoms with Crippen molar-refractivity contribution in [3.05, 3.63) is 23.8 Å². The molecule has 0 aliphatic heterocycles. The number of thioether (sulfide) groups is 1. The molecular formula is C11H13F3N2S2. The van der Waals surface area contributed by atoms with Crippen molar-refractivity contribution in [2.45, 2.75) is 18.0 Å². The van der Waals surface area contributed by atoms with E-state index in [1.807, 2.05) is 6.92 Å². The highest BCUT2D eigenvalue weighted by Gasteiger charge is 2.27. The molecule has 0 saturated heterocycles. The lowest BCUT2D eigenvalue weighted by Crippen LogP contribution is -2.23. The van der Waals surface area contributed by atoms with Gasteiger partial charge in [0, 0.05) is 16.1 Å². The van der Waals surface area contributed by atoms with E-state index >= 15 is 0 Å². The van der Waals surface area contributed by atoms with Gasteiger partial charge in [-0.15, -0.1) is 11.8 Å². The van der Waals surface area contributed by atoms with Gasteiger partial charge < -0.3 is 11.1 Å². The second-order valence-corrected chi connectivity index (χ2v) is 5.19. The fraction of sp³-hybridized carbons (Fsp3) is 0.364. The topological polar surface area (TPSA) is 38.0 Å². The SMILES string of the molecule is CCSc1cccc(NCC(F)(F)F)c1C(N)=S. The van der Waals surface area contributed by atoms with Gasteiger partial charge in [-0.3, -0.25) is 0 Å². The second kappa shape index (κ2) is 6.29. The number of anilines is 1. The molecule has 0 bridgehead atoms. The molecule has 0 spiro atoms. The Balaban J connectivity index is 3.03. The largest absolute Gasteiger partial charge is 0.405 e. The van der Waals surface area contributed by atoms with E-state index in [1.165, 1.54) is 11.8 Å². The monoisotopic (exact) mass is 294 g/mol. The zero-order chi connectivity index (χ0) is 13.8. The summed E-state index contributed by atoms with van der Waals surface area (Å²) in [4.78, 5) is 0.883. The summed E-state index contributed by atoms with van der Waals surface area (Å²) in [5.74, 6) is 0.790. The maximum atomic E-state index is 12.2. The first kappa shape index (κ1) is 15.1. The molecule has 0 atom stereocenters. The number of hydrogen-bond acceptors (Lipinski definition) is 3. The smallest absolute Gasteiger partial charge is 0.389 e. The molecule has 0 radical (unpaired) electrons. The van der Waals surface area contributed by atoms with E-state index in [2.05, 4.69) is 5.32 Å². The van der Waals surface area contributed by atoms with Crippen LogP contribution in [0.2, 0.25) is 0 Å². The van der Waals surface area contributed by atoms with Gasteiger partial charge in [0.15, 0.2) is 0 Å². The Labute approximate surface area is 113 Å². The van der Waals surface area contributed by atoms with Crippen LogP contribution >= 0.6 is 24.0 Å². The van der Waals surface area contributed by atoms with Crippen molar-refractivity contribution in [3.63, 3.8) is 0 Å². The van der Waals surface area contributed by atoms with Gasteiger partial charge >= 0.3 is 6.18 Å². The highest BCUT2D eigenvalue weighted by Crippen LogP contribution is 2.29. The quantitative estimate of drug-likeness (QED) is 0.645. The summed E-state index contributed by atoms with van der Waals surface area (Å²) in [5.41, 5.74) is 6.38. The van der Waals surface area contributed by atoms with Crippen LogP contribution in [-0.2, 0) is 0 Å².